The predicted octanol–water partition coefficient (Wildman–Crippen LogP) is 5.53. The van der Waals surface area contributed by atoms with Gasteiger partial charge in [-0.15, -0.1) is 0 Å². The first-order chi connectivity index (χ1) is 17.1. The number of rotatable bonds is 4. The minimum absolute atomic E-state index is 0.232. The van der Waals surface area contributed by atoms with Crippen LogP contribution in [0.25, 0.3) is 26.4 Å². The van der Waals surface area contributed by atoms with Crippen molar-refractivity contribution in [3.05, 3.63) is 53.5 Å². The third kappa shape index (κ3) is 4.26. The quantitative estimate of drug-likeness (QED) is 0.389. The zero-order valence-corrected chi connectivity index (χ0v) is 21.3. The Hall–Kier alpha value is -3.66. The van der Waals surface area contributed by atoms with E-state index < -0.39 is 17.3 Å². The van der Waals surface area contributed by atoms with Gasteiger partial charge in [0, 0.05) is 24.4 Å². The van der Waals surface area contributed by atoms with Gasteiger partial charge in [-0.3, -0.25) is 9.20 Å². The number of likely N-dealkylation sites (tertiary alicyclic amines) is 1. The number of thiazole rings is 1. The van der Waals surface area contributed by atoms with Crippen LogP contribution in [0.15, 0.2) is 36.5 Å². The largest absolute Gasteiger partial charge is 0.496 e. The zero-order valence-electron chi connectivity index (χ0n) is 20.5. The summed E-state index contributed by atoms with van der Waals surface area (Å²) in [4.78, 5) is 31.4. The van der Waals surface area contributed by atoms with Crippen LogP contribution in [-0.4, -0.2) is 45.5 Å². The van der Waals surface area contributed by atoms with E-state index >= 15 is 4.39 Å². The Kier molecular flexibility index (Phi) is 5.86. The molecule has 1 saturated heterocycles. The number of amides is 2. The van der Waals surface area contributed by atoms with E-state index in [1.54, 1.807) is 29.3 Å². The number of nitrogens with zero attached hydrogens (tertiary/aromatic N) is 3. The van der Waals surface area contributed by atoms with Gasteiger partial charge in [0.15, 0.2) is 4.96 Å². The monoisotopic (exact) mass is 510 g/mol. The van der Waals surface area contributed by atoms with Crippen molar-refractivity contribution < 1.29 is 23.5 Å². The zero-order chi connectivity index (χ0) is 25.8. The average molecular weight is 511 g/mol. The summed E-state index contributed by atoms with van der Waals surface area (Å²) in [5, 5.41) is 0. The second-order valence-corrected chi connectivity index (χ2v) is 10.8. The summed E-state index contributed by atoms with van der Waals surface area (Å²) in [6.45, 7) is 6.07. The number of imidazole rings is 1. The minimum atomic E-state index is -0.594. The lowest BCUT2D eigenvalue weighted by Crippen LogP contribution is -2.36. The van der Waals surface area contributed by atoms with E-state index in [2.05, 4.69) is 4.98 Å². The van der Waals surface area contributed by atoms with Crippen molar-refractivity contribution >= 4 is 38.5 Å². The number of benzene rings is 2. The van der Waals surface area contributed by atoms with Crippen molar-refractivity contribution in [2.75, 3.05) is 13.7 Å². The van der Waals surface area contributed by atoms with Gasteiger partial charge in [-0.2, -0.15) is 0 Å². The van der Waals surface area contributed by atoms with E-state index in [9.17, 15) is 9.59 Å². The molecule has 0 radical (unpaired) electrons. The molecule has 3 heterocycles. The second kappa shape index (κ2) is 8.77. The van der Waals surface area contributed by atoms with E-state index in [1.807, 2.05) is 31.2 Å². The summed E-state index contributed by atoms with van der Waals surface area (Å²) in [6, 6.07) is 8.22. The first-order valence-corrected chi connectivity index (χ1v) is 12.5. The van der Waals surface area contributed by atoms with Crippen LogP contribution >= 0.6 is 11.3 Å². The van der Waals surface area contributed by atoms with Crippen LogP contribution in [0.5, 0.6) is 5.75 Å². The van der Waals surface area contributed by atoms with E-state index in [4.69, 9.17) is 15.2 Å². The first-order valence-electron chi connectivity index (χ1n) is 11.6. The molecule has 188 valence electrons. The van der Waals surface area contributed by atoms with Gasteiger partial charge in [0.2, 0.25) is 0 Å². The number of fused-ring (bicyclic) bond motifs is 3. The highest BCUT2D eigenvalue weighted by Crippen LogP contribution is 2.37. The Balaban J connectivity index is 1.47. The summed E-state index contributed by atoms with van der Waals surface area (Å²) in [5.41, 5.74) is 7.54. The highest BCUT2D eigenvalue weighted by atomic mass is 32.1. The lowest BCUT2D eigenvalue weighted by Gasteiger charge is -2.29. The van der Waals surface area contributed by atoms with Crippen molar-refractivity contribution in [3.63, 3.8) is 0 Å². The van der Waals surface area contributed by atoms with E-state index in [-0.39, 0.29) is 12.1 Å². The topological polar surface area (TPSA) is 99.2 Å². The summed E-state index contributed by atoms with van der Waals surface area (Å²) in [6.07, 6.45) is 2.96. The normalized spacial score (nSPS) is 16.1. The summed E-state index contributed by atoms with van der Waals surface area (Å²) >= 11 is 1.37. The van der Waals surface area contributed by atoms with Gasteiger partial charge in [-0.25, -0.2) is 14.2 Å². The maximum absolute atomic E-state index is 15.3. The molecular weight excluding hydrogens is 483 g/mol. The van der Waals surface area contributed by atoms with E-state index in [1.165, 1.54) is 24.5 Å². The van der Waals surface area contributed by atoms with Crippen LogP contribution in [0, 0.1) is 5.82 Å². The lowest BCUT2D eigenvalue weighted by molar-refractivity contribution is 0.0224. The fourth-order valence-electron chi connectivity index (χ4n) is 4.62. The number of aromatic nitrogens is 2. The molecule has 5 rings (SSSR count). The van der Waals surface area contributed by atoms with Crippen LogP contribution in [0.3, 0.4) is 0 Å². The Morgan fingerprint density at radius 1 is 1.22 bits per heavy atom. The van der Waals surface area contributed by atoms with E-state index in [0.29, 0.717) is 34.1 Å². The highest BCUT2D eigenvalue weighted by Gasteiger charge is 2.33. The SMILES string of the molecule is COc1cc2c(cc1C(N)=O)sc1nc(-c3ccc(C4CCCN4C(=O)OC(C)(C)C)cc3F)cn12. The third-order valence-electron chi connectivity index (χ3n) is 6.22. The summed E-state index contributed by atoms with van der Waals surface area (Å²) < 4.78 is 28.9. The predicted molar refractivity (Wildman–Crippen MR) is 136 cm³/mol. The number of nitrogens with two attached hydrogens (primary N) is 1. The number of methoxy groups -OCH3 is 1. The molecule has 0 aliphatic carbocycles. The minimum Gasteiger partial charge on any atom is -0.496 e. The molecule has 4 aromatic rings. The molecule has 2 N–H and O–H groups in total. The molecule has 2 amide bonds. The average Bonchev–Trinajstić information content (AvgIpc) is 3.51. The fourth-order valence-corrected chi connectivity index (χ4v) is 5.64. The van der Waals surface area contributed by atoms with Crippen LogP contribution < -0.4 is 10.5 Å². The summed E-state index contributed by atoms with van der Waals surface area (Å²) in [5.74, 6) is -0.617. The molecule has 0 saturated carbocycles. The molecule has 2 aromatic heterocycles. The molecule has 2 aromatic carbocycles. The molecule has 10 heteroatoms. The van der Waals surface area contributed by atoms with Gasteiger partial charge in [-0.05, 0) is 57.4 Å². The molecule has 1 aliphatic heterocycles. The van der Waals surface area contributed by atoms with Crippen LogP contribution in [0.1, 0.15) is 55.6 Å². The van der Waals surface area contributed by atoms with Crippen LogP contribution in [-0.2, 0) is 4.74 Å². The smallest absolute Gasteiger partial charge is 0.410 e. The summed E-state index contributed by atoms with van der Waals surface area (Å²) in [7, 11) is 1.47. The molecule has 1 atom stereocenters. The number of hydrogen-bond donors (Lipinski definition) is 1. The van der Waals surface area contributed by atoms with Crippen molar-refractivity contribution in [1.82, 2.24) is 14.3 Å². The molecule has 36 heavy (non-hydrogen) atoms. The van der Waals surface area contributed by atoms with Gasteiger partial charge in [0.25, 0.3) is 5.91 Å². The number of carbonyl (C=O) groups is 2. The van der Waals surface area contributed by atoms with Crippen molar-refractivity contribution in [2.24, 2.45) is 5.73 Å². The van der Waals surface area contributed by atoms with Gasteiger partial charge in [-0.1, -0.05) is 17.4 Å². The second-order valence-electron chi connectivity index (χ2n) is 9.84. The van der Waals surface area contributed by atoms with Crippen LogP contribution in [0.4, 0.5) is 9.18 Å². The van der Waals surface area contributed by atoms with Gasteiger partial charge >= 0.3 is 6.09 Å². The molecule has 0 spiro atoms. The van der Waals surface area contributed by atoms with Crippen LogP contribution in [0.2, 0.25) is 0 Å². The maximum Gasteiger partial charge on any atom is 0.410 e. The molecule has 8 nitrogen and oxygen atoms in total. The van der Waals surface area contributed by atoms with Crippen molar-refractivity contribution in [3.8, 4) is 17.0 Å². The van der Waals surface area contributed by atoms with Gasteiger partial charge in [0.1, 0.15) is 17.2 Å². The van der Waals surface area contributed by atoms with Crippen molar-refractivity contribution in [1.29, 1.82) is 0 Å². The number of carbonyl (C=O) groups excluding carboxylic acids is 2. The number of primary amides is 1. The molecule has 1 aliphatic rings. The Labute approximate surface area is 211 Å². The first kappa shape index (κ1) is 24.1. The Morgan fingerprint density at radius 3 is 2.67 bits per heavy atom. The van der Waals surface area contributed by atoms with Gasteiger partial charge in [0.05, 0.1) is 34.6 Å². The standard InChI is InChI=1S/C26H27FN4O4S/c1-26(2,3)35-25(33)30-9-5-6-19(30)14-7-8-15(17(27)10-14)18-13-31-20-12-21(34-4)16(23(28)32)11-22(20)36-24(31)29-18/h7-8,10-13,19H,5-6,9H2,1-4H3,(H2,28,32). The molecule has 1 fully saturated rings. The third-order valence-corrected chi connectivity index (χ3v) is 7.23. The molecular formula is C26H27FN4O4S. The molecule has 1 unspecified atom stereocenters. The van der Waals surface area contributed by atoms with Crippen molar-refractivity contribution in [2.45, 2.75) is 45.3 Å². The maximum atomic E-state index is 15.3. The Morgan fingerprint density at radius 2 is 2.00 bits per heavy atom. The van der Waals surface area contributed by atoms with Gasteiger partial charge < -0.3 is 20.1 Å². The number of hydrogen-bond acceptors (Lipinski definition) is 6. The Bertz CT molecular complexity index is 1500. The molecule has 0 bridgehead atoms. The lowest BCUT2D eigenvalue weighted by atomic mass is 10.0. The fraction of sp³-hybridized carbons (Fsp3) is 0.346. The number of ether oxygens (including phenoxy) is 2. The number of halogens is 1. The van der Waals surface area contributed by atoms with E-state index in [0.717, 1.165) is 28.6 Å². The highest BCUT2D eigenvalue weighted by molar-refractivity contribution is 7.23.